The van der Waals surface area contributed by atoms with Crippen molar-refractivity contribution in [2.75, 3.05) is 19.7 Å². The average Bonchev–Trinajstić information content (AvgIpc) is 2.29. The molecule has 0 aliphatic carbocycles. The van der Waals surface area contributed by atoms with Crippen molar-refractivity contribution < 1.29 is 4.74 Å². The van der Waals surface area contributed by atoms with Gasteiger partial charge in [-0.15, -0.1) is 0 Å². The number of ether oxygens (including phenoxy) is 1. The van der Waals surface area contributed by atoms with Gasteiger partial charge in [0.25, 0.3) is 0 Å². The van der Waals surface area contributed by atoms with Gasteiger partial charge in [-0.05, 0) is 19.4 Å². The molecule has 5 heteroatoms. The lowest BCUT2D eigenvalue weighted by Crippen LogP contribution is -2.33. The third-order valence-electron chi connectivity index (χ3n) is 2.49. The standard InChI is InChI=1S/C10H14ClN3O/c11-9-5-13-7-14-10(9)15-6-8-2-1-3-12-4-8/h5,7-8,12H,1-4,6H2. The monoisotopic (exact) mass is 227 g/mol. The van der Waals surface area contributed by atoms with Gasteiger partial charge in [0.05, 0.1) is 12.8 Å². The molecule has 1 N–H and O–H groups in total. The fraction of sp³-hybridized carbons (Fsp3) is 0.600. The summed E-state index contributed by atoms with van der Waals surface area (Å²) in [7, 11) is 0. The molecule has 15 heavy (non-hydrogen) atoms. The van der Waals surface area contributed by atoms with Gasteiger partial charge in [-0.1, -0.05) is 11.6 Å². The normalized spacial score (nSPS) is 21.3. The van der Waals surface area contributed by atoms with E-state index in [1.54, 1.807) is 6.20 Å². The highest BCUT2D eigenvalue weighted by molar-refractivity contribution is 6.31. The van der Waals surface area contributed by atoms with Crippen LogP contribution in [0, 0.1) is 5.92 Å². The second-order valence-corrected chi connectivity index (χ2v) is 4.11. The van der Waals surface area contributed by atoms with Crippen molar-refractivity contribution in [2.45, 2.75) is 12.8 Å². The van der Waals surface area contributed by atoms with Crippen molar-refractivity contribution in [3.05, 3.63) is 17.5 Å². The molecular formula is C10H14ClN3O. The molecule has 1 aromatic rings. The quantitative estimate of drug-likeness (QED) is 0.851. The van der Waals surface area contributed by atoms with E-state index in [-0.39, 0.29) is 0 Å². The minimum absolute atomic E-state index is 0.473. The summed E-state index contributed by atoms with van der Waals surface area (Å²) in [4.78, 5) is 7.78. The Balaban J connectivity index is 1.84. The zero-order chi connectivity index (χ0) is 10.5. The van der Waals surface area contributed by atoms with E-state index in [9.17, 15) is 0 Å². The Morgan fingerprint density at radius 3 is 3.27 bits per heavy atom. The maximum absolute atomic E-state index is 5.88. The van der Waals surface area contributed by atoms with Crippen molar-refractivity contribution in [3.8, 4) is 5.88 Å². The molecule has 0 bridgehead atoms. The van der Waals surface area contributed by atoms with Crippen LogP contribution in [0.5, 0.6) is 5.88 Å². The minimum atomic E-state index is 0.473. The third kappa shape index (κ3) is 3.04. The first-order valence-corrected chi connectivity index (χ1v) is 5.53. The molecule has 0 radical (unpaired) electrons. The van der Waals surface area contributed by atoms with E-state index >= 15 is 0 Å². The smallest absolute Gasteiger partial charge is 0.235 e. The Kier molecular flexibility index (Phi) is 3.75. The van der Waals surface area contributed by atoms with E-state index in [0.29, 0.717) is 23.4 Å². The molecule has 1 saturated heterocycles. The van der Waals surface area contributed by atoms with Crippen LogP contribution in [0.4, 0.5) is 0 Å². The zero-order valence-electron chi connectivity index (χ0n) is 8.45. The van der Waals surface area contributed by atoms with Crippen LogP contribution in [0.25, 0.3) is 0 Å². The average molecular weight is 228 g/mol. The summed E-state index contributed by atoms with van der Waals surface area (Å²) >= 11 is 5.88. The molecule has 0 saturated carbocycles. The summed E-state index contributed by atoms with van der Waals surface area (Å²) in [6.45, 7) is 2.80. The molecule has 1 aliphatic rings. The number of nitrogens with zero attached hydrogens (tertiary/aromatic N) is 2. The van der Waals surface area contributed by atoms with E-state index in [2.05, 4.69) is 15.3 Å². The molecule has 1 fully saturated rings. The van der Waals surface area contributed by atoms with Crippen molar-refractivity contribution >= 4 is 11.6 Å². The molecule has 1 atom stereocenters. The highest BCUT2D eigenvalue weighted by Crippen LogP contribution is 2.20. The molecule has 82 valence electrons. The van der Waals surface area contributed by atoms with E-state index in [1.165, 1.54) is 19.2 Å². The largest absolute Gasteiger partial charge is 0.476 e. The molecule has 0 aromatic carbocycles. The van der Waals surface area contributed by atoms with Gasteiger partial charge in [0.15, 0.2) is 0 Å². The van der Waals surface area contributed by atoms with Crippen LogP contribution in [0.3, 0.4) is 0 Å². The molecule has 1 aliphatic heterocycles. The van der Waals surface area contributed by atoms with Crippen LogP contribution in [-0.2, 0) is 0 Å². The Hall–Kier alpha value is -0.870. The first kappa shape index (κ1) is 10.6. The third-order valence-corrected chi connectivity index (χ3v) is 2.75. The SMILES string of the molecule is Clc1cncnc1OCC1CCCNC1. The topological polar surface area (TPSA) is 47.0 Å². The molecule has 2 heterocycles. The van der Waals surface area contributed by atoms with Crippen molar-refractivity contribution in [2.24, 2.45) is 5.92 Å². The highest BCUT2D eigenvalue weighted by Gasteiger charge is 2.14. The van der Waals surface area contributed by atoms with Gasteiger partial charge in [0.2, 0.25) is 5.88 Å². The summed E-state index contributed by atoms with van der Waals surface area (Å²) in [6.07, 6.45) is 5.41. The molecule has 1 aromatic heterocycles. The number of hydrogen-bond donors (Lipinski definition) is 1. The van der Waals surface area contributed by atoms with Gasteiger partial charge in [-0.2, -0.15) is 0 Å². The highest BCUT2D eigenvalue weighted by atomic mass is 35.5. The van der Waals surface area contributed by atoms with Gasteiger partial charge in [-0.3, -0.25) is 0 Å². The number of hydrogen-bond acceptors (Lipinski definition) is 4. The van der Waals surface area contributed by atoms with E-state index in [1.807, 2.05) is 0 Å². The number of rotatable bonds is 3. The molecular weight excluding hydrogens is 214 g/mol. The number of nitrogens with one attached hydrogen (secondary N) is 1. The molecule has 0 spiro atoms. The predicted molar refractivity (Wildman–Crippen MR) is 58.1 cm³/mol. The summed E-state index contributed by atoms with van der Waals surface area (Å²) in [6, 6.07) is 0. The van der Waals surface area contributed by atoms with Crippen LogP contribution in [0.1, 0.15) is 12.8 Å². The maximum atomic E-state index is 5.88. The molecule has 4 nitrogen and oxygen atoms in total. The van der Waals surface area contributed by atoms with E-state index in [0.717, 1.165) is 13.1 Å². The summed E-state index contributed by atoms with van der Waals surface area (Å²) in [5.74, 6) is 1.04. The second-order valence-electron chi connectivity index (χ2n) is 3.70. The Labute approximate surface area is 94.0 Å². The van der Waals surface area contributed by atoms with Crippen molar-refractivity contribution in [1.82, 2.24) is 15.3 Å². The lowest BCUT2D eigenvalue weighted by Gasteiger charge is -2.22. The summed E-state index contributed by atoms with van der Waals surface area (Å²) < 4.78 is 5.55. The van der Waals surface area contributed by atoms with Gasteiger partial charge in [-0.25, -0.2) is 9.97 Å². The lowest BCUT2D eigenvalue weighted by atomic mass is 10.0. The van der Waals surface area contributed by atoms with Crippen molar-refractivity contribution in [3.63, 3.8) is 0 Å². The first-order valence-electron chi connectivity index (χ1n) is 5.15. The number of halogens is 1. The van der Waals surface area contributed by atoms with Gasteiger partial charge < -0.3 is 10.1 Å². The first-order chi connectivity index (χ1) is 7.36. The predicted octanol–water partition coefficient (Wildman–Crippen LogP) is 1.51. The Bertz CT molecular complexity index is 315. The fourth-order valence-electron chi connectivity index (χ4n) is 1.67. The Morgan fingerprint density at radius 1 is 1.60 bits per heavy atom. The van der Waals surface area contributed by atoms with E-state index < -0.39 is 0 Å². The molecule has 1 unspecified atom stereocenters. The van der Waals surface area contributed by atoms with Gasteiger partial charge >= 0.3 is 0 Å². The van der Waals surface area contributed by atoms with Gasteiger partial charge in [0, 0.05) is 12.5 Å². The lowest BCUT2D eigenvalue weighted by molar-refractivity contribution is 0.212. The summed E-state index contributed by atoms with van der Waals surface area (Å²) in [5.41, 5.74) is 0. The molecule has 2 rings (SSSR count). The van der Waals surface area contributed by atoms with E-state index in [4.69, 9.17) is 16.3 Å². The minimum Gasteiger partial charge on any atom is -0.476 e. The van der Waals surface area contributed by atoms with Gasteiger partial charge in [0.1, 0.15) is 11.3 Å². The van der Waals surface area contributed by atoms with Crippen LogP contribution in [0.2, 0.25) is 5.02 Å². The fourth-order valence-corrected chi connectivity index (χ4v) is 1.83. The van der Waals surface area contributed by atoms with Crippen molar-refractivity contribution in [1.29, 1.82) is 0 Å². The van der Waals surface area contributed by atoms with Crippen LogP contribution in [-0.4, -0.2) is 29.7 Å². The number of piperidine rings is 1. The number of aromatic nitrogens is 2. The maximum Gasteiger partial charge on any atom is 0.235 e. The van der Waals surface area contributed by atoms with Crippen LogP contribution in [0.15, 0.2) is 12.5 Å². The van der Waals surface area contributed by atoms with Crippen LogP contribution < -0.4 is 10.1 Å². The molecule has 0 amide bonds. The summed E-state index contributed by atoms with van der Waals surface area (Å²) in [5, 5.41) is 3.81. The second kappa shape index (κ2) is 5.28. The Morgan fingerprint density at radius 2 is 2.53 bits per heavy atom. The van der Waals surface area contributed by atoms with Crippen LogP contribution >= 0.6 is 11.6 Å². The zero-order valence-corrected chi connectivity index (χ0v) is 9.20.